The number of carbonyl (C=O) groups excluding carboxylic acids is 4. The molecule has 9 nitrogen and oxygen atoms in total. The lowest BCUT2D eigenvalue weighted by Crippen LogP contribution is -2.44. The Morgan fingerprint density at radius 2 is 1.64 bits per heavy atom. The number of epoxide rings is 1. The van der Waals surface area contributed by atoms with E-state index in [1.165, 1.54) is 13.8 Å². The highest BCUT2D eigenvalue weighted by Crippen LogP contribution is 2.68. The first-order valence-electron chi connectivity index (χ1n) is 14.1. The van der Waals surface area contributed by atoms with Crippen LogP contribution in [0.5, 0.6) is 0 Å². The van der Waals surface area contributed by atoms with Crippen molar-refractivity contribution >= 4 is 23.7 Å². The number of ether oxygens (including phenoxy) is 5. The van der Waals surface area contributed by atoms with Gasteiger partial charge < -0.3 is 23.7 Å². The Morgan fingerprint density at radius 3 is 2.18 bits per heavy atom. The zero-order valence-electron chi connectivity index (χ0n) is 24.9. The molecule has 1 heterocycles. The lowest BCUT2D eigenvalue weighted by atomic mass is 9.80. The van der Waals surface area contributed by atoms with Gasteiger partial charge >= 0.3 is 17.9 Å². The molecule has 11 atom stereocenters. The Kier molecular flexibility index (Phi) is 7.60. The standard InChI is InChI=1S/C30H44O9/c1-11-14(2)27(34)38-23-17(5)25(33)29-13-16(4)26(37-19(7)32)30(29,39-29)12-15(3)22(36-18(6)31)24(35-10)21-20(23)28(21,8)9/h12,14,16-17,20-24,26H,11,13H2,1-10H3. The molecule has 218 valence electrons. The van der Waals surface area contributed by atoms with Crippen LogP contribution >= 0.6 is 0 Å². The number of hydrogen-bond donors (Lipinski definition) is 0. The molecule has 11 unspecified atom stereocenters. The van der Waals surface area contributed by atoms with Crippen molar-refractivity contribution in [3.8, 4) is 0 Å². The third-order valence-corrected chi connectivity index (χ3v) is 9.80. The first-order chi connectivity index (χ1) is 18.1. The molecule has 0 aromatic carbocycles. The number of esters is 3. The van der Waals surface area contributed by atoms with E-state index in [1.54, 1.807) is 14.0 Å². The van der Waals surface area contributed by atoms with Crippen molar-refractivity contribution in [2.75, 3.05) is 7.11 Å². The second kappa shape index (κ2) is 9.98. The fourth-order valence-corrected chi connectivity index (χ4v) is 7.56. The maximum atomic E-state index is 14.4. The van der Waals surface area contributed by atoms with Gasteiger partial charge in [-0.05, 0) is 42.7 Å². The number of ketones is 1. The minimum atomic E-state index is -1.24. The molecular formula is C30H44O9. The molecule has 0 spiro atoms. The SMILES string of the molecule is CCC(C)C(=O)OC1C(C)C(=O)C23CC(C)C(OC(C)=O)C2(C=C(C)C(OC(C)=O)C(OC)C2C1C2(C)C)O3. The number of fused-ring (bicyclic) bond motifs is 1. The quantitative estimate of drug-likeness (QED) is 0.211. The third-order valence-electron chi connectivity index (χ3n) is 9.80. The van der Waals surface area contributed by atoms with Crippen molar-refractivity contribution in [2.24, 2.45) is 35.0 Å². The van der Waals surface area contributed by atoms with Gasteiger partial charge in [0.25, 0.3) is 0 Å². The zero-order chi connectivity index (χ0) is 29.2. The van der Waals surface area contributed by atoms with E-state index in [0.717, 1.165) is 0 Å². The molecule has 4 aliphatic rings. The van der Waals surface area contributed by atoms with Gasteiger partial charge in [-0.25, -0.2) is 0 Å². The zero-order valence-corrected chi connectivity index (χ0v) is 24.9. The minimum Gasteiger partial charge on any atom is -0.461 e. The first-order valence-corrected chi connectivity index (χ1v) is 14.1. The van der Waals surface area contributed by atoms with E-state index in [4.69, 9.17) is 23.7 Å². The molecule has 0 N–H and O–H groups in total. The summed E-state index contributed by atoms with van der Waals surface area (Å²) in [6.45, 7) is 16.1. The maximum absolute atomic E-state index is 14.4. The molecular weight excluding hydrogens is 504 g/mol. The van der Waals surface area contributed by atoms with Crippen molar-refractivity contribution < 1.29 is 42.9 Å². The van der Waals surface area contributed by atoms with Crippen molar-refractivity contribution in [2.45, 2.75) is 111 Å². The Labute approximate surface area is 231 Å². The molecule has 0 radical (unpaired) electrons. The summed E-state index contributed by atoms with van der Waals surface area (Å²) in [5, 5.41) is 0. The van der Waals surface area contributed by atoms with Crippen molar-refractivity contribution in [3.05, 3.63) is 11.6 Å². The van der Waals surface area contributed by atoms with Gasteiger partial charge in [-0.1, -0.05) is 41.5 Å². The fourth-order valence-electron chi connectivity index (χ4n) is 7.56. The van der Waals surface area contributed by atoms with Crippen LogP contribution < -0.4 is 0 Å². The summed E-state index contributed by atoms with van der Waals surface area (Å²) in [6.07, 6.45) is 0.00605. The molecule has 3 aliphatic carbocycles. The van der Waals surface area contributed by atoms with Crippen LogP contribution in [0.3, 0.4) is 0 Å². The number of Topliss-reactive ketones (excluding diaryl/α,β-unsaturated/α-hetero) is 1. The Hall–Kier alpha value is -2.26. The average molecular weight is 549 g/mol. The van der Waals surface area contributed by atoms with E-state index in [2.05, 4.69) is 13.8 Å². The van der Waals surface area contributed by atoms with Crippen LogP contribution in [0.2, 0.25) is 0 Å². The van der Waals surface area contributed by atoms with Crippen LogP contribution in [0.4, 0.5) is 0 Å². The van der Waals surface area contributed by atoms with Crippen LogP contribution in [0.15, 0.2) is 11.6 Å². The molecule has 0 bridgehead atoms. The third kappa shape index (κ3) is 4.53. The highest BCUT2D eigenvalue weighted by Gasteiger charge is 2.84. The van der Waals surface area contributed by atoms with Gasteiger partial charge in [-0.2, -0.15) is 0 Å². The van der Waals surface area contributed by atoms with Gasteiger partial charge in [0.1, 0.15) is 24.4 Å². The number of methoxy groups -OCH3 is 1. The highest BCUT2D eigenvalue weighted by atomic mass is 16.7. The van der Waals surface area contributed by atoms with E-state index in [1.807, 2.05) is 33.8 Å². The lowest BCUT2D eigenvalue weighted by Gasteiger charge is -2.30. The lowest BCUT2D eigenvalue weighted by molar-refractivity contribution is -0.161. The van der Waals surface area contributed by atoms with Crippen LogP contribution in [-0.4, -0.2) is 66.4 Å². The minimum absolute atomic E-state index is 0.159. The number of carbonyl (C=O) groups is 4. The van der Waals surface area contributed by atoms with Gasteiger partial charge in [-0.15, -0.1) is 0 Å². The Bertz CT molecular complexity index is 1080. The molecule has 9 heteroatoms. The molecule has 0 aromatic rings. The van der Waals surface area contributed by atoms with Crippen LogP contribution in [0, 0.1) is 35.0 Å². The van der Waals surface area contributed by atoms with Crippen molar-refractivity contribution in [1.29, 1.82) is 0 Å². The van der Waals surface area contributed by atoms with Gasteiger partial charge in [0, 0.05) is 32.8 Å². The van der Waals surface area contributed by atoms with E-state index in [0.29, 0.717) is 18.4 Å². The van der Waals surface area contributed by atoms with E-state index >= 15 is 0 Å². The Morgan fingerprint density at radius 1 is 1.05 bits per heavy atom. The molecule has 4 rings (SSSR count). The molecule has 0 amide bonds. The fraction of sp³-hybridized carbons (Fsp3) is 0.800. The maximum Gasteiger partial charge on any atom is 0.308 e. The topological polar surface area (TPSA) is 118 Å². The summed E-state index contributed by atoms with van der Waals surface area (Å²) in [5.74, 6) is -3.01. The monoisotopic (exact) mass is 548 g/mol. The second-order valence-electron chi connectivity index (χ2n) is 12.8. The molecule has 1 aliphatic heterocycles. The largest absolute Gasteiger partial charge is 0.461 e. The molecule has 1 saturated heterocycles. The molecule has 2 saturated carbocycles. The van der Waals surface area contributed by atoms with Gasteiger partial charge in [0.2, 0.25) is 0 Å². The van der Waals surface area contributed by atoms with E-state index < -0.39 is 53.5 Å². The summed E-state index contributed by atoms with van der Waals surface area (Å²) in [4.78, 5) is 51.9. The van der Waals surface area contributed by atoms with Crippen molar-refractivity contribution in [3.63, 3.8) is 0 Å². The summed E-state index contributed by atoms with van der Waals surface area (Å²) >= 11 is 0. The molecule has 39 heavy (non-hydrogen) atoms. The van der Waals surface area contributed by atoms with Crippen LogP contribution in [-0.2, 0) is 42.9 Å². The van der Waals surface area contributed by atoms with Gasteiger partial charge in [0.05, 0.1) is 11.8 Å². The normalized spacial score (nSPS) is 42.9. The van der Waals surface area contributed by atoms with Gasteiger partial charge in [-0.3, -0.25) is 19.2 Å². The molecule has 0 aromatic heterocycles. The molecule has 3 fully saturated rings. The van der Waals surface area contributed by atoms with E-state index in [9.17, 15) is 19.2 Å². The summed E-state index contributed by atoms with van der Waals surface area (Å²) in [7, 11) is 1.57. The van der Waals surface area contributed by atoms with Crippen molar-refractivity contribution in [1.82, 2.24) is 0 Å². The summed E-state index contributed by atoms with van der Waals surface area (Å²) < 4.78 is 30.2. The van der Waals surface area contributed by atoms with Crippen LogP contribution in [0.25, 0.3) is 0 Å². The smallest absolute Gasteiger partial charge is 0.308 e. The second-order valence-corrected chi connectivity index (χ2v) is 12.8. The average Bonchev–Trinajstić information content (AvgIpc) is 3.64. The number of hydrogen-bond acceptors (Lipinski definition) is 9. The van der Waals surface area contributed by atoms with E-state index in [-0.39, 0.29) is 40.8 Å². The predicted molar refractivity (Wildman–Crippen MR) is 140 cm³/mol. The predicted octanol–water partition coefficient (Wildman–Crippen LogP) is 3.81. The number of rotatable bonds is 6. The van der Waals surface area contributed by atoms with Crippen LogP contribution in [0.1, 0.15) is 75.2 Å². The Balaban J connectivity index is 1.89. The first kappa shape index (κ1) is 29.7. The summed E-state index contributed by atoms with van der Waals surface area (Å²) in [6, 6.07) is 0. The van der Waals surface area contributed by atoms with Gasteiger partial charge in [0.15, 0.2) is 17.0 Å². The highest BCUT2D eigenvalue weighted by molar-refractivity contribution is 5.96. The summed E-state index contributed by atoms with van der Waals surface area (Å²) in [5.41, 5.74) is -2.16.